The molecule has 7 nitrogen and oxygen atoms in total. The minimum Gasteiger partial charge on any atom is -0.330 e. The third-order valence-corrected chi connectivity index (χ3v) is 6.10. The molecule has 2 aromatic heterocycles. The second kappa shape index (κ2) is 10.1. The Balaban J connectivity index is 1.33. The van der Waals surface area contributed by atoms with Crippen LogP contribution < -0.4 is 16.4 Å². The number of carbonyl (C=O) groups excluding carboxylic acids is 1. The van der Waals surface area contributed by atoms with E-state index in [2.05, 4.69) is 31.7 Å². The molecule has 35 heavy (non-hydrogen) atoms. The predicted octanol–water partition coefficient (Wildman–Crippen LogP) is 5.66. The number of halogens is 1. The van der Waals surface area contributed by atoms with E-state index in [1.807, 2.05) is 84.9 Å². The van der Waals surface area contributed by atoms with Gasteiger partial charge in [0.1, 0.15) is 0 Å². The van der Waals surface area contributed by atoms with Crippen LogP contribution in [0.5, 0.6) is 0 Å². The molecule has 5 rings (SSSR count). The lowest BCUT2D eigenvalue weighted by Crippen LogP contribution is -2.12. The number of benzene rings is 3. The second-order valence-corrected chi connectivity index (χ2v) is 8.95. The molecule has 0 fully saturated rings. The average molecular weight is 527 g/mol. The molecule has 5 aromatic rings. The van der Waals surface area contributed by atoms with E-state index in [1.54, 1.807) is 10.7 Å². The molecule has 4 N–H and O–H groups in total. The van der Waals surface area contributed by atoms with Crippen molar-refractivity contribution < 1.29 is 4.79 Å². The summed E-state index contributed by atoms with van der Waals surface area (Å²) < 4.78 is 2.77. The van der Waals surface area contributed by atoms with Crippen molar-refractivity contribution in [3.8, 4) is 11.3 Å². The molecule has 1 amide bonds. The van der Waals surface area contributed by atoms with Crippen LogP contribution in [0.2, 0.25) is 0 Å². The van der Waals surface area contributed by atoms with E-state index in [0.717, 1.165) is 38.9 Å². The van der Waals surface area contributed by atoms with Crippen molar-refractivity contribution in [2.24, 2.45) is 5.73 Å². The number of hydrogen-bond acceptors (Lipinski definition) is 5. The van der Waals surface area contributed by atoms with E-state index in [0.29, 0.717) is 23.7 Å². The van der Waals surface area contributed by atoms with E-state index in [1.165, 1.54) is 0 Å². The summed E-state index contributed by atoms with van der Waals surface area (Å²) in [7, 11) is 0. The van der Waals surface area contributed by atoms with Gasteiger partial charge in [-0.1, -0.05) is 40.2 Å². The molecule has 0 saturated carbocycles. The van der Waals surface area contributed by atoms with Gasteiger partial charge in [-0.2, -0.15) is 5.10 Å². The number of nitrogens with zero attached hydrogens (tertiary/aromatic N) is 3. The Hall–Kier alpha value is -4.01. The first-order chi connectivity index (χ1) is 17.1. The number of anilines is 3. The average Bonchev–Trinajstić information content (AvgIpc) is 3.35. The number of amides is 1. The summed E-state index contributed by atoms with van der Waals surface area (Å²) in [5.74, 6) is 0.437. The van der Waals surface area contributed by atoms with Crippen molar-refractivity contribution in [1.82, 2.24) is 14.6 Å². The number of carbonyl (C=O) groups is 1. The van der Waals surface area contributed by atoms with Crippen molar-refractivity contribution in [3.63, 3.8) is 0 Å². The van der Waals surface area contributed by atoms with Gasteiger partial charge >= 0.3 is 0 Å². The number of nitrogens with one attached hydrogen (secondary N) is 2. The van der Waals surface area contributed by atoms with Crippen LogP contribution in [0.25, 0.3) is 16.8 Å². The molecule has 0 saturated heterocycles. The van der Waals surface area contributed by atoms with Crippen molar-refractivity contribution in [2.75, 3.05) is 17.2 Å². The van der Waals surface area contributed by atoms with Gasteiger partial charge in [0, 0.05) is 27.0 Å². The van der Waals surface area contributed by atoms with Crippen molar-refractivity contribution >= 4 is 44.7 Å². The molecular formula is C27H23BrN6O. The Morgan fingerprint density at radius 2 is 1.63 bits per heavy atom. The van der Waals surface area contributed by atoms with Crippen LogP contribution in [0.3, 0.4) is 0 Å². The summed E-state index contributed by atoms with van der Waals surface area (Å²) in [6, 6.07) is 26.9. The van der Waals surface area contributed by atoms with Gasteiger partial charge in [0.05, 0.1) is 17.4 Å². The lowest BCUT2D eigenvalue weighted by molar-refractivity contribution is 0.102. The lowest BCUT2D eigenvalue weighted by atomic mass is 10.1. The third kappa shape index (κ3) is 5.24. The summed E-state index contributed by atoms with van der Waals surface area (Å²) in [4.78, 5) is 17.4. The van der Waals surface area contributed by atoms with Crippen LogP contribution in [-0.2, 0) is 6.42 Å². The molecule has 174 valence electrons. The lowest BCUT2D eigenvalue weighted by Gasteiger charge is -2.11. The zero-order valence-electron chi connectivity index (χ0n) is 18.8. The molecule has 2 heterocycles. The molecule has 0 unspecified atom stereocenters. The molecule has 0 radical (unpaired) electrons. The predicted molar refractivity (Wildman–Crippen MR) is 143 cm³/mol. The van der Waals surface area contributed by atoms with Crippen molar-refractivity contribution in [1.29, 1.82) is 0 Å². The minimum atomic E-state index is -0.160. The fourth-order valence-electron chi connectivity index (χ4n) is 3.74. The Kier molecular flexibility index (Phi) is 6.56. The molecule has 0 aliphatic heterocycles. The van der Waals surface area contributed by atoms with Gasteiger partial charge in [-0.25, -0.2) is 9.50 Å². The quantitative estimate of drug-likeness (QED) is 0.254. The molecular weight excluding hydrogens is 504 g/mol. The van der Waals surface area contributed by atoms with Gasteiger partial charge in [-0.05, 0) is 79.2 Å². The number of fused-ring (bicyclic) bond motifs is 1. The van der Waals surface area contributed by atoms with Crippen LogP contribution in [0.15, 0.2) is 95.6 Å². The first-order valence-electron chi connectivity index (χ1n) is 11.2. The Morgan fingerprint density at radius 1 is 0.914 bits per heavy atom. The minimum absolute atomic E-state index is 0.160. The van der Waals surface area contributed by atoms with E-state index in [-0.39, 0.29) is 5.91 Å². The van der Waals surface area contributed by atoms with E-state index in [4.69, 9.17) is 10.7 Å². The maximum atomic E-state index is 12.6. The standard InChI is InChI=1S/C27H23BrN6O/c28-21-7-5-19(6-8-21)25-17-24-14-16-30-34(24)27(33-25)32-23-11-9-22(10-12-23)31-26(35)20-3-1-18(2-4-20)13-15-29/h1-12,14,16-17H,13,15,29H2,(H,31,35)(H,32,33). The van der Waals surface area contributed by atoms with Crippen molar-refractivity contribution in [2.45, 2.75) is 6.42 Å². The smallest absolute Gasteiger partial charge is 0.255 e. The molecule has 0 aliphatic rings. The van der Waals surface area contributed by atoms with Crippen LogP contribution >= 0.6 is 15.9 Å². The van der Waals surface area contributed by atoms with Crippen LogP contribution in [0.1, 0.15) is 15.9 Å². The van der Waals surface area contributed by atoms with Crippen LogP contribution in [0.4, 0.5) is 17.3 Å². The van der Waals surface area contributed by atoms with Gasteiger partial charge in [0.15, 0.2) is 0 Å². The fourth-order valence-corrected chi connectivity index (χ4v) is 4.01. The van der Waals surface area contributed by atoms with Crippen LogP contribution in [-0.4, -0.2) is 27.0 Å². The molecule has 0 bridgehead atoms. The Morgan fingerprint density at radius 3 is 2.34 bits per heavy atom. The Bertz CT molecular complexity index is 1460. The van der Waals surface area contributed by atoms with Gasteiger partial charge in [0.2, 0.25) is 5.95 Å². The Labute approximate surface area is 211 Å². The number of nitrogens with two attached hydrogens (primary N) is 1. The summed E-state index contributed by atoms with van der Waals surface area (Å²) in [5, 5.41) is 10.7. The third-order valence-electron chi connectivity index (χ3n) is 5.57. The highest BCUT2D eigenvalue weighted by Gasteiger charge is 2.10. The van der Waals surface area contributed by atoms with Crippen LogP contribution in [0, 0.1) is 0 Å². The molecule has 0 aliphatic carbocycles. The zero-order valence-corrected chi connectivity index (χ0v) is 20.4. The zero-order chi connectivity index (χ0) is 24.2. The van der Waals surface area contributed by atoms with Gasteiger partial charge in [0.25, 0.3) is 5.91 Å². The van der Waals surface area contributed by atoms with Crippen molar-refractivity contribution in [3.05, 3.63) is 107 Å². The summed E-state index contributed by atoms with van der Waals surface area (Å²) in [6.07, 6.45) is 2.54. The number of rotatable bonds is 7. The topological polar surface area (TPSA) is 97.3 Å². The summed E-state index contributed by atoms with van der Waals surface area (Å²) >= 11 is 3.48. The highest BCUT2D eigenvalue weighted by Crippen LogP contribution is 2.25. The van der Waals surface area contributed by atoms with E-state index in [9.17, 15) is 4.79 Å². The molecule has 3 aromatic carbocycles. The molecule has 0 spiro atoms. The molecule has 8 heteroatoms. The highest BCUT2D eigenvalue weighted by molar-refractivity contribution is 9.10. The van der Waals surface area contributed by atoms with Gasteiger partial charge < -0.3 is 16.4 Å². The van der Waals surface area contributed by atoms with E-state index >= 15 is 0 Å². The largest absolute Gasteiger partial charge is 0.330 e. The second-order valence-electron chi connectivity index (χ2n) is 8.03. The monoisotopic (exact) mass is 526 g/mol. The molecule has 0 atom stereocenters. The number of hydrogen-bond donors (Lipinski definition) is 3. The normalized spacial score (nSPS) is 10.9. The maximum Gasteiger partial charge on any atom is 0.255 e. The summed E-state index contributed by atoms with van der Waals surface area (Å²) in [6.45, 7) is 0.585. The highest BCUT2D eigenvalue weighted by atomic mass is 79.9. The maximum absolute atomic E-state index is 12.6. The fraction of sp³-hybridized carbons (Fsp3) is 0.0741. The van der Waals surface area contributed by atoms with Gasteiger partial charge in [-0.15, -0.1) is 0 Å². The SMILES string of the molecule is NCCc1ccc(C(=O)Nc2ccc(Nc3nc(-c4ccc(Br)cc4)cc4ccnn34)cc2)cc1. The van der Waals surface area contributed by atoms with E-state index < -0.39 is 0 Å². The number of aromatic nitrogens is 3. The first-order valence-corrected chi connectivity index (χ1v) is 12.0. The first kappa shape index (κ1) is 22.8. The summed E-state index contributed by atoms with van der Waals surface area (Å²) in [5.41, 5.74) is 11.6. The van der Waals surface area contributed by atoms with Gasteiger partial charge in [-0.3, -0.25) is 4.79 Å².